The highest BCUT2D eigenvalue weighted by Gasteiger charge is 2.01. The molecular weight excluding hydrogens is 263 g/mol. The van der Waals surface area contributed by atoms with Crippen molar-refractivity contribution in [2.45, 2.75) is 6.42 Å². The maximum atomic E-state index is 13.1. The summed E-state index contributed by atoms with van der Waals surface area (Å²) >= 11 is 3.07. The molecular formula is C10H12BrFN2O. The first kappa shape index (κ1) is 12.0. The van der Waals surface area contributed by atoms with Gasteiger partial charge >= 0.3 is 0 Å². The normalized spacial score (nSPS) is 9.80. The SMILES string of the molecule is CNC(=O)CCNc1ccc(Br)c(F)c1. The van der Waals surface area contributed by atoms with Gasteiger partial charge in [0.1, 0.15) is 5.82 Å². The molecule has 1 aromatic carbocycles. The monoisotopic (exact) mass is 274 g/mol. The number of halogens is 2. The van der Waals surface area contributed by atoms with Crippen molar-refractivity contribution in [2.75, 3.05) is 18.9 Å². The summed E-state index contributed by atoms with van der Waals surface area (Å²) in [7, 11) is 1.58. The number of benzene rings is 1. The van der Waals surface area contributed by atoms with Crippen LogP contribution in [-0.4, -0.2) is 19.5 Å². The predicted octanol–water partition coefficient (Wildman–Crippen LogP) is 2.14. The van der Waals surface area contributed by atoms with Crippen molar-refractivity contribution in [2.24, 2.45) is 0 Å². The van der Waals surface area contributed by atoms with Gasteiger partial charge in [-0.1, -0.05) is 0 Å². The maximum absolute atomic E-state index is 13.1. The summed E-state index contributed by atoms with van der Waals surface area (Å²) in [6, 6.07) is 4.75. The minimum atomic E-state index is -0.319. The Morgan fingerprint density at radius 2 is 2.27 bits per heavy atom. The molecule has 3 nitrogen and oxygen atoms in total. The molecule has 0 saturated carbocycles. The lowest BCUT2D eigenvalue weighted by molar-refractivity contribution is -0.120. The average molecular weight is 275 g/mol. The van der Waals surface area contributed by atoms with Crippen LogP contribution < -0.4 is 10.6 Å². The van der Waals surface area contributed by atoms with Gasteiger partial charge in [0.2, 0.25) is 5.91 Å². The number of carbonyl (C=O) groups is 1. The molecule has 15 heavy (non-hydrogen) atoms. The molecule has 82 valence electrons. The third kappa shape index (κ3) is 3.87. The predicted molar refractivity (Wildman–Crippen MR) is 61.3 cm³/mol. The molecule has 0 radical (unpaired) electrons. The highest BCUT2D eigenvalue weighted by molar-refractivity contribution is 9.10. The van der Waals surface area contributed by atoms with Crippen LogP contribution in [0.2, 0.25) is 0 Å². The Balaban J connectivity index is 2.44. The maximum Gasteiger partial charge on any atom is 0.221 e. The molecule has 1 rings (SSSR count). The van der Waals surface area contributed by atoms with Crippen molar-refractivity contribution in [3.8, 4) is 0 Å². The van der Waals surface area contributed by atoms with E-state index >= 15 is 0 Å². The van der Waals surface area contributed by atoms with Gasteiger partial charge in [0.25, 0.3) is 0 Å². The zero-order chi connectivity index (χ0) is 11.3. The molecule has 1 aromatic rings. The first-order chi connectivity index (χ1) is 7.13. The van der Waals surface area contributed by atoms with Crippen molar-refractivity contribution in [3.63, 3.8) is 0 Å². The smallest absolute Gasteiger partial charge is 0.221 e. The second-order valence-electron chi connectivity index (χ2n) is 2.98. The van der Waals surface area contributed by atoms with E-state index in [1.165, 1.54) is 6.07 Å². The molecule has 0 aromatic heterocycles. The van der Waals surface area contributed by atoms with Crippen molar-refractivity contribution >= 4 is 27.5 Å². The van der Waals surface area contributed by atoms with Crippen LogP contribution in [0.4, 0.5) is 10.1 Å². The lowest BCUT2D eigenvalue weighted by atomic mass is 10.3. The molecule has 0 unspecified atom stereocenters. The zero-order valence-electron chi connectivity index (χ0n) is 8.31. The van der Waals surface area contributed by atoms with Crippen molar-refractivity contribution < 1.29 is 9.18 Å². The fourth-order valence-electron chi connectivity index (χ4n) is 1.05. The molecule has 0 saturated heterocycles. The van der Waals surface area contributed by atoms with Crippen LogP contribution in [0.5, 0.6) is 0 Å². The van der Waals surface area contributed by atoms with Gasteiger partial charge in [-0.2, -0.15) is 0 Å². The van der Waals surface area contributed by atoms with Gasteiger partial charge in [-0.25, -0.2) is 4.39 Å². The Kier molecular flexibility index (Phi) is 4.55. The summed E-state index contributed by atoms with van der Waals surface area (Å²) in [5.41, 5.74) is 0.666. The summed E-state index contributed by atoms with van der Waals surface area (Å²) in [5, 5.41) is 5.47. The van der Waals surface area contributed by atoms with Crippen LogP contribution in [0.1, 0.15) is 6.42 Å². The topological polar surface area (TPSA) is 41.1 Å². The summed E-state index contributed by atoms with van der Waals surface area (Å²) in [6.45, 7) is 0.487. The molecule has 2 N–H and O–H groups in total. The van der Waals surface area contributed by atoms with Crippen molar-refractivity contribution in [1.29, 1.82) is 0 Å². The van der Waals surface area contributed by atoms with Crippen LogP contribution in [0, 0.1) is 5.82 Å². The molecule has 0 spiro atoms. The molecule has 0 bridgehead atoms. The van der Waals surface area contributed by atoms with Crippen molar-refractivity contribution in [1.82, 2.24) is 5.32 Å². The minimum absolute atomic E-state index is 0.0416. The van der Waals surface area contributed by atoms with E-state index in [2.05, 4.69) is 26.6 Å². The average Bonchev–Trinajstić information content (AvgIpc) is 2.23. The number of rotatable bonds is 4. The van der Waals surface area contributed by atoms with Gasteiger partial charge in [0.15, 0.2) is 0 Å². The molecule has 0 fully saturated rings. The molecule has 0 aliphatic heterocycles. The van der Waals surface area contributed by atoms with Gasteiger partial charge in [-0.3, -0.25) is 4.79 Å². The first-order valence-corrected chi connectivity index (χ1v) is 5.32. The Labute approximate surface area is 96.2 Å². The highest BCUT2D eigenvalue weighted by atomic mass is 79.9. The summed E-state index contributed by atoms with van der Waals surface area (Å²) in [4.78, 5) is 10.9. The Hall–Kier alpha value is -1.10. The van der Waals surface area contributed by atoms with Gasteiger partial charge < -0.3 is 10.6 Å². The van der Waals surface area contributed by atoms with E-state index in [1.54, 1.807) is 19.2 Å². The molecule has 1 amide bonds. The molecule has 0 aliphatic rings. The summed E-state index contributed by atoms with van der Waals surface area (Å²) < 4.78 is 13.5. The standard InChI is InChI=1S/C10H12BrFN2O/c1-13-10(15)4-5-14-7-2-3-8(11)9(12)6-7/h2-3,6,14H,4-5H2,1H3,(H,13,15). The van der Waals surface area contributed by atoms with Crippen LogP contribution in [0.3, 0.4) is 0 Å². The van der Waals surface area contributed by atoms with E-state index < -0.39 is 0 Å². The van der Waals surface area contributed by atoms with E-state index in [9.17, 15) is 9.18 Å². The quantitative estimate of drug-likeness (QED) is 0.883. The number of hydrogen-bond acceptors (Lipinski definition) is 2. The van der Waals surface area contributed by atoms with E-state index in [-0.39, 0.29) is 11.7 Å². The molecule has 0 heterocycles. The second kappa shape index (κ2) is 5.70. The van der Waals surface area contributed by atoms with Crippen LogP contribution in [0.25, 0.3) is 0 Å². The minimum Gasteiger partial charge on any atom is -0.384 e. The number of hydrogen-bond donors (Lipinski definition) is 2. The van der Waals surface area contributed by atoms with Crippen molar-refractivity contribution in [3.05, 3.63) is 28.5 Å². The number of anilines is 1. The molecule has 5 heteroatoms. The van der Waals surface area contributed by atoms with Gasteiger partial charge in [0, 0.05) is 25.7 Å². The third-order valence-electron chi connectivity index (χ3n) is 1.88. The zero-order valence-corrected chi connectivity index (χ0v) is 9.90. The highest BCUT2D eigenvalue weighted by Crippen LogP contribution is 2.19. The van der Waals surface area contributed by atoms with Gasteiger partial charge in [-0.15, -0.1) is 0 Å². The van der Waals surface area contributed by atoms with E-state index in [0.29, 0.717) is 23.1 Å². The van der Waals surface area contributed by atoms with E-state index in [4.69, 9.17) is 0 Å². The summed E-state index contributed by atoms with van der Waals surface area (Å²) in [6.07, 6.45) is 0.369. The van der Waals surface area contributed by atoms with E-state index in [1.807, 2.05) is 0 Å². The Morgan fingerprint density at radius 3 is 2.87 bits per heavy atom. The number of carbonyl (C=O) groups excluding carboxylic acids is 1. The number of nitrogens with one attached hydrogen (secondary N) is 2. The Bertz CT molecular complexity index is 357. The summed E-state index contributed by atoms with van der Waals surface area (Å²) in [5.74, 6) is -0.361. The fraction of sp³-hybridized carbons (Fsp3) is 0.300. The van der Waals surface area contributed by atoms with Gasteiger partial charge in [-0.05, 0) is 34.1 Å². The Morgan fingerprint density at radius 1 is 1.53 bits per heavy atom. The van der Waals surface area contributed by atoms with Crippen LogP contribution in [0.15, 0.2) is 22.7 Å². The molecule has 0 aliphatic carbocycles. The first-order valence-electron chi connectivity index (χ1n) is 4.53. The third-order valence-corrected chi connectivity index (χ3v) is 2.52. The fourth-order valence-corrected chi connectivity index (χ4v) is 1.30. The van der Waals surface area contributed by atoms with Crippen LogP contribution >= 0.6 is 15.9 Å². The lowest BCUT2D eigenvalue weighted by Crippen LogP contribution is -2.20. The second-order valence-corrected chi connectivity index (χ2v) is 3.83. The number of amides is 1. The van der Waals surface area contributed by atoms with Crippen LogP contribution in [-0.2, 0) is 4.79 Å². The molecule has 0 atom stereocenters. The lowest BCUT2D eigenvalue weighted by Gasteiger charge is -2.06. The van der Waals surface area contributed by atoms with Gasteiger partial charge in [0.05, 0.1) is 4.47 Å². The van der Waals surface area contributed by atoms with E-state index in [0.717, 1.165) is 0 Å². The largest absolute Gasteiger partial charge is 0.384 e.